The van der Waals surface area contributed by atoms with Crippen LogP contribution in [0.3, 0.4) is 0 Å². The average molecular weight is 376 g/mol. The number of aromatic amines is 1. The molecule has 0 amide bonds. The van der Waals surface area contributed by atoms with E-state index >= 15 is 0 Å². The van der Waals surface area contributed by atoms with Crippen LogP contribution in [0, 0.1) is 0 Å². The predicted octanol–water partition coefficient (Wildman–Crippen LogP) is 3.78. The van der Waals surface area contributed by atoms with Gasteiger partial charge in [0.25, 0.3) is 0 Å². The first-order chi connectivity index (χ1) is 12.5. The second kappa shape index (κ2) is 7.58. The normalized spacial score (nSPS) is 12.0. The quantitative estimate of drug-likeness (QED) is 0.498. The van der Waals surface area contributed by atoms with Gasteiger partial charge in [0.1, 0.15) is 5.69 Å². The number of pyridine rings is 1. The molecule has 0 saturated carbocycles. The van der Waals surface area contributed by atoms with E-state index < -0.39 is 13.6 Å². The lowest BCUT2D eigenvalue weighted by molar-refractivity contribution is 0.0519. The summed E-state index contributed by atoms with van der Waals surface area (Å²) in [5, 5.41) is 2.08. The number of ether oxygens (including phenoxy) is 1. The van der Waals surface area contributed by atoms with E-state index in [9.17, 15) is 9.36 Å². The molecular formula is C18H21N2O5P. The highest BCUT2D eigenvalue weighted by atomic mass is 31.2. The first kappa shape index (κ1) is 18.6. The van der Waals surface area contributed by atoms with Crippen LogP contribution in [0.4, 0.5) is 0 Å². The number of carbonyl (C=O) groups excluding carboxylic acids is 1. The predicted molar refractivity (Wildman–Crippen MR) is 100 cm³/mol. The molecule has 2 aromatic heterocycles. The van der Waals surface area contributed by atoms with Crippen molar-refractivity contribution < 1.29 is 23.1 Å². The third-order valence-electron chi connectivity index (χ3n) is 3.87. The molecule has 1 aromatic carbocycles. The van der Waals surface area contributed by atoms with Crippen molar-refractivity contribution in [2.24, 2.45) is 0 Å². The van der Waals surface area contributed by atoms with Gasteiger partial charge in [-0.2, -0.15) is 0 Å². The van der Waals surface area contributed by atoms with Crippen LogP contribution in [0.1, 0.15) is 31.3 Å². The summed E-state index contributed by atoms with van der Waals surface area (Å²) in [6, 6.07) is 6.99. The van der Waals surface area contributed by atoms with Gasteiger partial charge in [-0.15, -0.1) is 0 Å². The van der Waals surface area contributed by atoms with Crippen LogP contribution in [-0.4, -0.2) is 35.8 Å². The summed E-state index contributed by atoms with van der Waals surface area (Å²) in [5.74, 6) is -0.478. The van der Waals surface area contributed by atoms with Crippen molar-refractivity contribution >= 4 is 40.7 Å². The second-order valence-corrected chi connectivity index (χ2v) is 7.55. The van der Waals surface area contributed by atoms with E-state index in [-0.39, 0.29) is 25.5 Å². The lowest BCUT2D eigenvalue weighted by Crippen LogP contribution is -2.10. The number of nitrogens with zero attached hydrogens (tertiary/aromatic N) is 1. The number of fused-ring (bicyclic) bond motifs is 3. The Hall–Kier alpha value is -2.21. The standard InChI is InChI=1S/C18H21N2O5P/c1-4-23-18(21)16-10-14-13-9-12(26(22,24-5-2)25-6-3)7-8-15(13)20-17(14)11-19-16/h7-11,20H,4-6H2,1-3H3. The van der Waals surface area contributed by atoms with Crippen molar-refractivity contribution in [1.82, 2.24) is 9.97 Å². The number of benzene rings is 1. The third kappa shape index (κ3) is 3.38. The van der Waals surface area contributed by atoms with Gasteiger partial charge in [-0.05, 0) is 45.0 Å². The highest BCUT2D eigenvalue weighted by molar-refractivity contribution is 7.62. The van der Waals surface area contributed by atoms with Gasteiger partial charge in [0.05, 0.1) is 36.8 Å². The maximum Gasteiger partial charge on any atom is 0.361 e. The van der Waals surface area contributed by atoms with Gasteiger partial charge in [-0.3, -0.25) is 4.57 Å². The number of carbonyl (C=O) groups is 1. The summed E-state index contributed by atoms with van der Waals surface area (Å²) in [7, 11) is -3.39. The number of rotatable bonds is 7. The third-order valence-corrected chi connectivity index (χ3v) is 5.97. The van der Waals surface area contributed by atoms with Crippen LogP contribution in [0.15, 0.2) is 30.5 Å². The maximum absolute atomic E-state index is 13.0. The van der Waals surface area contributed by atoms with Gasteiger partial charge >= 0.3 is 13.6 Å². The molecule has 3 aromatic rings. The molecule has 0 fully saturated rings. The molecule has 2 heterocycles. The van der Waals surface area contributed by atoms with Gasteiger partial charge < -0.3 is 18.8 Å². The van der Waals surface area contributed by atoms with Gasteiger partial charge in [-0.1, -0.05) is 0 Å². The van der Waals surface area contributed by atoms with E-state index in [1.165, 1.54) is 0 Å². The topological polar surface area (TPSA) is 90.5 Å². The highest BCUT2D eigenvalue weighted by Crippen LogP contribution is 2.47. The Balaban J connectivity index is 2.15. The van der Waals surface area contributed by atoms with Gasteiger partial charge in [0.15, 0.2) is 0 Å². The van der Waals surface area contributed by atoms with E-state index in [0.717, 1.165) is 21.8 Å². The fourth-order valence-electron chi connectivity index (χ4n) is 2.80. The smallest absolute Gasteiger partial charge is 0.361 e. The zero-order valence-electron chi connectivity index (χ0n) is 14.9. The van der Waals surface area contributed by atoms with Crippen LogP contribution in [-0.2, 0) is 18.3 Å². The van der Waals surface area contributed by atoms with Crippen LogP contribution in [0.25, 0.3) is 21.8 Å². The van der Waals surface area contributed by atoms with E-state index in [1.807, 2.05) is 6.07 Å². The van der Waals surface area contributed by atoms with Crippen LogP contribution < -0.4 is 5.30 Å². The van der Waals surface area contributed by atoms with Crippen molar-refractivity contribution in [3.05, 3.63) is 36.2 Å². The maximum atomic E-state index is 13.0. The van der Waals surface area contributed by atoms with E-state index in [0.29, 0.717) is 5.30 Å². The molecule has 0 radical (unpaired) electrons. The molecule has 0 aliphatic rings. The van der Waals surface area contributed by atoms with E-state index in [4.69, 9.17) is 13.8 Å². The monoisotopic (exact) mass is 376 g/mol. The van der Waals surface area contributed by atoms with Crippen molar-refractivity contribution in [2.45, 2.75) is 20.8 Å². The van der Waals surface area contributed by atoms with E-state index in [1.54, 1.807) is 45.2 Å². The average Bonchev–Trinajstić information content (AvgIpc) is 2.99. The van der Waals surface area contributed by atoms with Crippen LogP contribution >= 0.6 is 7.60 Å². The van der Waals surface area contributed by atoms with Crippen LogP contribution in [0.2, 0.25) is 0 Å². The minimum Gasteiger partial charge on any atom is -0.461 e. The minimum absolute atomic E-state index is 0.225. The van der Waals surface area contributed by atoms with Crippen molar-refractivity contribution in [2.75, 3.05) is 19.8 Å². The Bertz CT molecular complexity index is 988. The molecule has 26 heavy (non-hydrogen) atoms. The second-order valence-electron chi connectivity index (χ2n) is 5.52. The number of nitrogens with one attached hydrogen (secondary N) is 1. The summed E-state index contributed by atoms with van der Waals surface area (Å²) in [6.45, 7) is 6.12. The molecule has 0 atom stereocenters. The Labute approximate surface area is 151 Å². The first-order valence-corrected chi connectivity index (χ1v) is 10.0. The molecule has 0 bridgehead atoms. The first-order valence-electron chi connectivity index (χ1n) is 8.50. The molecule has 0 aliphatic heterocycles. The van der Waals surface area contributed by atoms with Crippen molar-refractivity contribution in [3.63, 3.8) is 0 Å². The minimum atomic E-state index is -3.39. The van der Waals surface area contributed by atoms with Gasteiger partial charge in [0, 0.05) is 16.3 Å². The Morgan fingerprint density at radius 3 is 2.38 bits per heavy atom. The Morgan fingerprint density at radius 1 is 1.04 bits per heavy atom. The van der Waals surface area contributed by atoms with Crippen LogP contribution in [0.5, 0.6) is 0 Å². The SMILES string of the molecule is CCOC(=O)c1cc2c(cn1)[nH]c1ccc(P(=O)(OCC)OCC)cc12. The lowest BCUT2D eigenvalue weighted by atomic mass is 10.1. The number of hydrogen-bond donors (Lipinski definition) is 1. The summed E-state index contributed by atoms with van der Waals surface area (Å²) in [5.41, 5.74) is 1.84. The number of hydrogen-bond acceptors (Lipinski definition) is 6. The Morgan fingerprint density at radius 2 is 1.73 bits per heavy atom. The summed E-state index contributed by atoms with van der Waals surface area (Å²) in [6.07, 6.45) is 1.59. The molecule has 0 unspecified atom stereocenters. The largest absolute Gasteiger partial charge is 0.461 e. The summed E-state index contributed by atoms with van der Waals surface area (Å²) >= 11 is 0. The summed E-state index contributed by atoms with van der Waals surface area (Å²) in [4.78, 5) is 19.3. The molecule has 138 valence electrons. The highest BCUT2D eigenvalue weighted by Gasteiger charge is 2.27. The molecule has 7 nitrogen and oxygen atoms in total. The molecular weight excluding hydrogens is 355 g/mol. The number of aromatic nitrogens is 2. The molecule has 3 rings (SSSR count). The zero-order chi connectivity index (χ0) is 18.7. The van der Waals surface area contributed by atoms with Gasteiger partial charge in [-0.25, -0.2) is 9.78 Å². The van der Waals surface area contributed by atoms with Crippen molar-refractivity contribution in [1.29, 1.82) is 0 Å². The molecule has 8 heteroatoms. The fourth-order valence-corrected chi connectivity index (χ4v) is 4.40. The number of H-pyrrole nitrogens is 1. The zero-order valence-corrected chi connectivity index (χ0v) is 15.8. The number of esters is 1. The van der Waals surface area contributed by atoms with Gasteiger partial charge in [0.2, 0.25) is 0 Å². The fraction of sp³-hybridized carbons (Fsp3) is 0.333. The molecule has 0 spiro atoms. The summed E-state index contributed by atoms with van der Waals surface area (Å²) < 4.78 is 28.9. The van der Waals surface area contributed by atoms with E-state index in [2.05, 4.69) is 9.97 Å². The Kier molecular flexibility index (Phi) is 5.41. The lowest BCUT2D eigenvalue weighted by Gasteiger charge is -2.17. The molecule has 0 saturated heterocycles. The molecule has 0 aliphatic carbocycles. The molecule has 1 N–H and O–H groups in total. The van der Waals surface area contributed by atoms with Crippen molar-refractivity contribution in [3.8, 4) is 0 Å².